The molecule has 0 bridgehead atoms. The molecule has 0 saturated heterocycles. The molecule has 10 heteroatoms. The SMILES string of the molecule is CCOC1=C(C)C=NC2=[N+](C)C(=O)N(CC(=O)Nc3ccc(C(=O)OC)cc3)C(=O)C12. The molecule has 0 radical (unpaired) electrons. The van der Waals surface area contributed by atoms with Crippen LogP contribution < -0.4 is 5.32 Å². The minimum absolute atomic E-state index is 0.263. The number of ether oxygens (including phenoxy) is 2. The Kier molecular flexibility index (Phi) is 6.28. The Labute approximate surface area is 178 Å². The van der Waals surface area contributed by atoms with Crippen molar-refractivity contribution in [3.63, 3.8) is 0 Å². The number of imide groups is 1. The van der Waals surface area contributed by atoms with Crippen molar-refractivity contribution in [2.75, 3.05) is 32.6 Å². The Morgan fingerprint density at radius 2 is 1.90 bits per heavy atom. The highest BCUT2D eigenvalue weighted by atomic mass is 16.5. The zero-order valence-corrected chi connectivity index (χ0v) is 17.7. The summed E-state index contributed by atoms with van der Waals surface area (Å²) >= 11 is 0. The van der Waals surface area contributed by atoms with E-state index in [2.05, 4.69) is 15.0 Å². The molecule has 1 aromatic carbocycles. The average molecular weight is 427 g/mol. The quantitative estimate of drug-likeness (QED) is 0.542. The molecule has 1 atom stereocenters. The second kappa shape index (κ2) is 8.90. The maximum atomic E-state index is 13.1. The number of carbonyl (C=O) groups is 4. The van der Waals surface area contributed by atoms with Gasteiger partial charge in [0.05, 0.1) is 26.3 Å². The second-order valence-corrected chi connectivity index (χ2v) is 6.91. The molecule has 3 rings (SSSR count). The lowest BCUT2D eigenvalue weighted by atomic mass is 9.96. The first-order chi connectivity index (χ1) is 14.8. The summed E-state index contributed by atoms with van der Waals surface area (Å²) in [6.07, 6.45) is 1.55. The van der Waals surface area contributed by atoms with Gasteiger partial charge < -0.3 is 14.8 Å². The van der Waals surface area contributed by atoms with Gasteiger partial charge in [0.25, 0.3) is 11.7 Å². The number of benzene rings is 1. The van der Waals surface area contributed by atoms with E-state index in [1.54, 1.807) is 20.1 Å². The summed E-state index contributed by atoms with van der Waals surface area (Å²) in [6, 6.07) is 5.39. The fraction of sp³-hybridized carbons (Fsp3) is 0.333. The first-order valence-electron chi connectivity index (χ1n) is 9.60. The number of amides is 4. The number of anilines is 1. The summed E-state index contributed by atoms with van der Waals surface area (Å²) in [5.41, 5.74) is 1.42. The van der Waals surface area contributed by atoms with E-state index in [-0.39, 0.29) is 5.84 Å². The third-order valence-corrected chi connectivity index (χ3v) is 4.87. The molecule has 1 N–H and O–H groups in total. The molecule has 31 heavy (non-hydrogen) atoms. The van der Waals surface area contributed by atoms with Gasteiger partial charge in [0.15, 0.2) is 12.5 Å². The maximum absolute atomic E-state index is 13.1. The van der Waals surface area contributed by atoms with Gasteiger partial charge in [-0.2, -0.15) is 9.48 Å². The number of rotatable bonds is 6. The van der Waals surface area contributed by atoms with Crippen LogP contribution in [0.15, 0.2) is 40.6 Å². The third kappa shape index (κ3) is 4.23. The molecule has 10 nitrogen and oxygen atoms in total. The zero-order valence-electron chi connectivity index (χ0n) is 17.7. The van der Waals surface area contributed by atoms with Crippen LogP contribution in [0.25, 0.3) is 0 Å². The first kappa shape index (κ1) is 21.9. The van der Waals surface area contributed by atoms with Crippen LogP contribution in [0.2, 0.25) is 0 Å². The molecule has 4 amide bonds. The fourth-order valence-electron chi connectivity index (χ4n) is 3.33. The van der Waals surface area contributed by atoms with Crippen molar-refractivity contribution in [1.82, 2.24) is 4.90 Å². The predicted octanol–water partition coefficient (Wildman–Crippen LogP) is 1.43. The molecule has 162 valence electrons. The van der Waals surface area contributed by atoms with Gasteiger partial charge >= 0.3 is 17.9 Å². The molecule has 0 fully saturated rings. The first-order valence-corrected chi connectivity index (χ1v) is 9.60. The van der Waals surface area contributed by atoms with Crippen molar-refractivity contribution >= 4 is 41.6 Å². The fourth-order valence-corrected chi connectivity index (χ4v) is 3.33. The van der Waals surface area contributed by atoms with Crippen LogP contribution in [0.3, 0.4) is 0 Å². The Hall–Kier alpha value is -3.82. The van der Waals surface area contributed by atoms with Gasteiger partial charge in [0.2, 0.25) is 0 Å². The number of urea groups is 1. The highest BCUT2D eigenvalue weighted by molar-refractivity contribution is 6.17. The molecule has 0 aliphatic carbocycles. The largest absolute Gasteiger partial charge is 0.496 e. The lowest BCUT2D eigenvalue weighted by Crippen LogP contribution is -2.56. The van der Waals surface area contributed by atoms with Crippen molar-refractivity contribution < 1.29 is 33.2 Å². The van der Waals surface area contributed by atoms with Crippen LogP contribution >= 0.6 is 0 Å². The number of aliphatic imine (C=N–C) groups is 1. The van der Waals surface area contributed by atoms with Gasteiger partial charge in [-0.3, -0.25) is 9.59 Å². The lowest BCUT2D eigenvalue weighted by Gasteiger charge is -2.29. The molecule has 1 unspecified atom stereocenters. The van der Waals surface area contributed by atoms with E-state index in [4.69, 9.17) is 4.74 Å². The molecule has 0 spiro atoms. The topological polar surface area (TPSA) is 117 Å². The van der Waals surface area contributed by atoms with E-state index < -0.39 is 36.3 Å². The van der Waals surface area contributed by atoms with Gasteiger partial charge in [-0.25, -0.2) is 9.59 Å². The summed E-state index contributed by atoms with van der Waals surface area (Å²) in [5.74, 6) is -1.85. The van der Waals surface area contributed by atoms with Gasteiger partial charge in [0.1, 0.15) is 12.0 Å². The van der Waals surface area contributed by atoms with E-state index in [1.165, 1.54) is 43.0 Å². The van der Waals surface area contributed by atoms with Crippen LogP contribution in [-0.4, -0.2) is 72.6 Å². The minimum atomic E-state index is -0.889. The number of fused-ring (bicyclic) bond motifs is 1. The maximum Gasteiger partial charge on any atom is 0.446 e. The van der Waals surface area contributed by atoms with Crippen LogP contribution in [0, 0.1) is 5.92 Å². The molecular weight excluding hydrogens is 404 g/mol. The number of carbonyl (C=O) groups excluding carboxylic acids is 4. The lowest BCUT2D eigenvalue weighted by molar-refractivity contribution is -0.408. The molecular formula is C21H23N4O6+. The van der Waals surface area contributed by atoms with Crippen molar-refractivity contribution in [2.24, 2.45) is 10.9 Å². The average Bonchev–Trinajstić information content (AvgIpc) is 2.76. The molecule has 0 saturated carbocycles. The van der Waals surface area contributed by atoms with E-state index in [0.717, 1.165) is 4.90 Å². The van der Waals surface area contributed by atoms with Crippen LogP contribution in [0.4, 0.5) is 10.5 Å². The van der Waals surface area contributed by atoms with Gasteiger partial charge in [0, 0.05) is 11.3 Å². The number of allylic oxidation sites excluding steroid dienone is 1. The molecule has 2 aliphatic rings. The summed E-state index contributed by atoms with van der Waals surface area (Å²) in [4.78, 5) is 55.0. The van der Waals surface area contributed by atoms with E-state index >= 15 is 0 Å². The van der Waals surface area contributed by atoms with Crippen molar-refractivity contribution in [3.8, 4) is 0 Å². The predicted molar refractivity (Wildman–Crippen MR) is 111 cm³/mol. The van der Waals surface area contributed by atoms with Crippen LogP contribution in [-0.2, 0) is 19.1 Å². The summed E-state index contributed by atoms with van der Waals surface area (Å²) in [7, 11) is 2.77. The Balaban J connectivity index is 1.79. The summed E-state index contributed by atoms with van der Waals surface area (Å²) < 4.78 is 11.5. The van der Waals surface area contributed by atoms with Crippen LogP contribution in [0.5, 0.6) is 0 Å². The number of amidine groups is 1. The molecule has 2 heterocycles. The number of methoxy groups -OCH3 is 1. The Morgan fingerprint density at radius 1 is 1.23 bits per heavy atom. The number of hydrogen-bond acceptors (Lipinski definition) is 7. The normalized spacial score (nSPS) is 18.2. The highest BCUT2D eigenvalue weighted by Gasteiger charge is 2.50. The zero-order chi connectivity index (χ0) is 22.7. The number of dihydropyridines is 1. The summed E-state index contributed by atoms with van der Waals surface area (Å²) in [6.45, 7) is 3.43. The third-order valence-electron chi connectivity index (χ3n) is 4.87. The van der Waals surface area contributed by atoms with Crippen molar-refractivity contribution in [1.29, 1.82) is 0 Å². The Morgan fingerprint density at radius 3 is 2.52 bits per heavy atom. The van der Waals surface area contributed by atoms with Gasteiger partial charge in [-0.15, -0.1) is 4.99 Å². The van der Waals surface area contributed by atoms with Crippen molar-refractivity contribution in [3.05, 3.63) is 41.2 Å². The standard InChI is InChI=1S/C21H22N4O6/c1-5-31-17-12(2)10-22-18-16(17)19(27)25(21(29)24(18)3)11-15(26)23-14-8-6-13(7-9-14)20(28)30-4/h6-10,16H,5,11H2,1-4H3/p+1. The smallest absolute Gasteiger partial charge is 0.446 e. The number of nitrogens with zero attached hydrogens (tertiary/aromatic N) is 3. The van der Waals surface area contributed by atoms with E-state index in [0.29, 0.717) is 29.2 Å². The number of nitrogens with one attached hydrogen (secondary N) is 1. The van der Waals surface area contributed by atoms with E-state index in [9.17, 15) is 19.2 Å². The number of hydrogen-bond donors (Lipinski definition) is 1. The van der Waals surface area contributed by atoms with Gasteiger partial charge in [-0.1, -0.05) is 0 Å². The molecule has 2 aliphatic heterocycles. The second-order valence-electron chi connectivity index (χ2n) is 6.91. The monoisotopic (exact) mass is 427 g/mol. The van der Waals surface area contributed by atoms with Gasteiger partial charge in [-0.05, 0) is 38.1 Å². The van der Waals surface area contributed by atoms with E-state index in [1.807, 2.05) is 0 Å². The van der Waals surface area contributed by atoms with Crippen LogP contribution in [0.1, 0.15) is 24.2 Å². The highest BCUT2D eigenvalue weighted by Crippen LogP contribution is 2.28. The molecule has 0 aromatic heterocycles. The summed E-state index contributed by atoms with van der Waals surface area (Å²) in [5, 5.41) is 2.61. The van der Waals surface area contributed by atoms with Crippen molar-refractivity contribution in [2.45, 2.75) is 13.8 Å². The Bertz CT molecular complexity index is 1040. The molecule has 1 aromatic rings. The number of esters is 1. The minimum Gasteiger partial charge on any atom is -0.496 e.